The third kappa shape index (κ3) is 4.31. The molecule has 0 amide bonds. The fourth-order valence-corrected chi connectivity index (χ4v) is 3.10. The van der Waals surface area contributed by atoms with E-state index in [9.17, 15) is 9.90 Å². The highest BCUT2D eigenvalue weighted by Crippen LogP contribution is 2.27. The molecule has 0 atom stereocenters. The minimum atomic E-state index is -0.422. The summed E-state index contributed by atoms with van der Waals surface area (Å²) in [5.74, 6) is 1.79. The summed E-state index contributed by atoms with van der Waals surface area (Å²) in [5, 5.41) is 17.3. The third-order valence-electron chi connectivity index (χ3n) is 4.66. The largest absolute Gasteiger partial charge is 0.396 e. The maximum Gasteiger partial charge on any atom is 0.262 e. The van der Waals surface area contributed by atoms with E-state index in [1.807, 2.05) is 52.0 Å². The standard InChI is InChI=1S/C21H27N5O2/c1-5-26-10-7-15-13-17(23-16-12-14(2)6-9-22-16)24-19(18(15)20(26)28)25-21(3,4)8-11-27/h6-7,9-10,12-13,27H,5,8,11H2,1-4H3,(H2,22,23,24,25). The Morgan fingerprint density at radius 2 is 2.00 bits per heavy atom. The van der Waals surface area contributed by atoms with Gasteiger partial charge in [-0.3, -0.25) is 4.79 Å². The fraction of sp³-hybridized carbons (Fsp3) is 0.381. The first-order valence-electron chi connectivity index (χ1n) is 9.46. The van der Waals surface area contributed by atoms with Crippen LogP contribution in [0.25, 0.3) is 10.8 Å². The first-order chi connectivity index (χ1) is 13.3. The Morgan fingerprint density at radius 1 is 1.21 bits per heavy atom. The minimum Gasteiger partial charge on any atom is -0.396 e. The molecule has 0 radical (unpaired) electrons. The van der Waals surface area contributed by atoms with Crippen LogP contribution in [0, 0.1) is 6.92 Å². The molecule has 3 aromatic rings. The Balaban J connectivity index is 2.13. The average molecular weight is 381 g/mol. The van der Waals surface area contributed by atoms with E-state index < -0.39 is 5.54 Å². The van der Waals surface area contributed by atoms with Crippen molar-refractivity contribution in [3.05, 3.63) is 52.6 Å². The Morgan fingerprint density at radius 3 is 2.68 bits per heavy atom. The summed E-state index contributed by atoms with van der Waals surface area (Å²) < 4.78 is 1.66. The van der Waals surface area contributed by atoms with Gasteiger partial charge in [0.1, 0.15) is 17.5 Å². The number of pyridine rings is 3. The van der Waals surface area contributed by atoms with Crippen molar-refractivity contribution in [2.75, 3.05) is 17.2 Å². The molecule has 28 heavy (non-hydrogen) atoms. The Kier molecular flexibility index (Phi) is 5.65. The molecular formula is C21H27N5O2. The smallest absolute Gasteiger partial charge is 0.262 e. The molecule has 0 fully saturated rings. The van der Waals surface area contributed by atoms with Crippen molar-refractivity contribution in [1.29, 1.82) is 0 Å². The number of rotatable bonds is 7. The van der Waals surface area contributed by atoms with Gasteiger partial charge in [-0.05, 0) is 69.3 Å². The summed E-state index contributed by atoms with van der Waals surface area (Å²) in [6.45, 7) is 8.51. The van der Waals surface area contributed by atoms with Gasteiger partial charge in [-0.25, -0.2) is 9.97 Å². The van der Waals surface area contributed by atoms with Gasteiger partial charge in [0.15, 0.2) is 0 Å². The van der Waals surface area contributed by atoms with Crippen LogP contribution in [0.4, 0.5) is 17.5 Å². The molecule has 3 heterocycles. The number of nitrogens with zero attached hydrogens (tertiary/aromatic N) is 3. The van der Waals surface area contributed by atoms with Gasteiger partial charge in [0.05, 0.1) is 5.39 Å². The van der Waals surface area contributed by atoms with Crippen LogP contribution in [-0.2, 0) is 6.54 Å². The topological polar surface area (TPSA) is 92.1 Å². The first kappa shape index (κ1) is 19.8. The summed E-state index contributed by atoms with van der Waals surface area (Å²) in [4.78, 5) is 21.9. The lowest BCUT2D eigenvalue weighted by Crippen LogP contribution is -2.33. The number of nitrogens with one attached hydrogen (secondary N) is 2. The molecule has 0 unspecified atom stereocenters. The molecule has 0 aliphatic heterocycles. The number of aryl methyl sites for hydroxylation is 2. The van der Waals surface area contributed by atoms with Crippen LogP contribution in [0.2, 0.25) is 0 Å². The van der Waals surface area contributed by atoms with Gasteiger partial charge in [0.25, 0.3) is 5.56 Å². The monoisotopic (exact) mass is 381 g/mol. The van der Waals surface area contributed by atoms with Gasteiger partial charge in [0, 0.05) is 31.1 Å². The van der Waals surface area contributed by atoms with Crippen LogP contribution >= 0.6 is 0 Å². The van der Waals surface area contributed by atoms with Crippen LogP contribution in [-0.4, -0.2) is 31.8 Å². The Hall–Kier alpha value is -2.93. The molecule has 3 aromatic heterocycles. The van der Waals surface area contributed by atoms with Crippen LogP contribution in [0.3, 0.4) is 0 Å². The van der Waals surface area contributed by atoms with Gasteiger partial charge >= 0.3 is 0 Å². The average Bonchev–Trinajstić information content (AvgIpc) is 2.61. The molecule has 0 aromatic carbocycles. The van der Waals surface area contributed by atoms with E-state index in [4.69, 9.17) is 0 Å². The summed E-state index contributed by atoms with van der Waals surface area (Å²) in [5.41, 5.74) is 0.579. The van der Waals surface area contributed by atoms with Crippen molar-refractivity contribution < 1.29 is 5.11 Å². The van der Waals surface area contributed by atoms with Crippen LogP contribution < -0.4 is 16.2 Å². The second-order valence-corrected chi connectivity index (χ2v) is 7.55. The zero-order chi connectivity index (χ0) is 20.3. The molecule has 0 aliphatic carbocycles. The summed E-state index contributed by atoms with van der Waals surface area (Å²) in [7, 11) is 0. The van der Waals surface area contributed by atoms with Gasteiger partial charge < -0.3 is 20.3 Å². The molecule has 148 valence electrons. The fourth-order valence-electron chi connectivity index (χ4n) is 3.10. The van der Waals surface area contributed by atoms with E-state index in [2.05, 4.69) is 20.6 Å². The molecule has 0 aliphatic rings. The number of hydrogen-bond acceptors (Lipinski definition) is 6. The number of aromatic nitrogens is 3. The molecule has 0 bridgehead atoms. The lowest BCUT2D eigenvalue weighted by molar-refractivity contribution is 0.260. The highest BCUT2D eigenvalue weighted by molar-refractivity contribution is 5.93. The highest BCUT2D eigenvalue weighted by atomic mass is 16.3. The predicted octanol–water partition coefficient (Wildman–Crippen LogP) is 3.44. The third-order valence-corrected chi connectivity index (χ3v) is 4.66. The molecule has 3 N–H and O–H groups in total. The van der Waals surface area contributed by atoms with E-state index in [1.165, 1.54) is 0 Å². The van der Waals surface area contributed by atoms with Crippen molar-refractivity contribution in [2.45, 2.75) is 46.2 Å². The van der Waals surface area contributed by atoms with Gasteiger partial charge in [0.2, 0.25) is 0 Å². The Labute approximate surface area is 164 Å². The quantitative estimate of drug-likeness (QED) is 0.581. The van der Waals surface area contributed by atoms with Gasteiger partial charge in [-0.1, -0.05) is 0 Å². The molecule has 3 rings (SSSR count). The van der Waals surface area contributed by atoms with E-state index in [0.29, 0.717) is 35.8 Å². The van der Waals surface area contributed by atoms with E-state index in [-0.39, 0.29) is 12.2 Å². The lowest BCUT2D eigenvalue weighted by atomic mass is 10.0. The second-order valence-electron chi connectivity index (χ2n) is 7.55. The molecule has 7 nitrogen and oxygen atoms in total. The number of aliphatic hydroxyl groups excluding tert-OH is 1. The van der Waals surface area contributed by atoms with Crippen LogP contribution in [0.5, 0.6) is 0 Å². The van der Waals surface area contributed by atoms with E-state index in [0.717, 1.165) is 10.9 Å². The minimum absolute atomic E-state index is 0.0439. The maximum atomic E-state index is 12.9. The zero-order valence-corrected chi connectivity index (χ0v) is 16.8. The highest BCUT2D eigenvalue weighted by Gasteiger charge is 2.21. The SMILES string of the molecule is CCn1ccc2cc(Nc3cc(C)ccn3)nc(NC(C)(C)CCO)c2c1=O. The molecule has 0 saturated carbocycles. The molecule has 0 saturated heterocycles. The van der Waals surface area contributed by atoms with Crippen LogP contribution in [0.1, 0.15) is 32.8 Å². The number of aliphatic hydroxyl groups is 1. The number of fused-ring (bicyclic) bond motifs is 1. The van der Waals surface area contributed by atoms with Crippen molar-refractivity contribution >= 4 is 28.2 Å². The molecular weight excluding hydrogens is 354 g/mol. The summed E-state index contributed by atoms with van der Waals surface area (Å²) in [6.07, 6.45) is 4.06. The lowest BCUT2D eigenvalue weighted by Gasteiger charge is -2.27. The molecule has 0 spiro atoms. The summed E-state index contributed by atoms with van der Waals surface area (Å²) >= 11 is 0. The van der Waals surface area contributed by atoms with Crippen molar-refractivity contribution in [3.63, 3.8) is 0 Å². The zero-order valence-electron chi connectivity index (χ0n) is 16.8. The summed E-state index contributed by atoms with van der Waals surface area (Å²) in [6, 6.07) is 7.63. The first-order valence-corrected chi connectivity index (χ1v) is 9.46. The number of hydrogen-bond donors (Lipinski definition) is 3. The normalized spacial score (nSPS) is 11.6. The van der Waals surface area contributed by atoms with Crippen molar-refractivity contribution in [1.82, 2.24) is 14.5 Å². The van der Waals surface area contributed by atoms with Crippen LogP contribution in [0.15, 0.2) is 41.5 Å². The number of anilines is 3. The Bertz CT molecular complexity index is 1040. The van der Waals surface area contributed by atoms with E-state index >= 15 is 0 Å². The second kappa shape index (κ2) is 7.98. The van der Waals surface area contributed by atoms with Crippen molar-refractivity contribution in [3.8, 4) is 0 Å². The van der Waals surface area contributed by atoms with Crippen molar-refractivity contribution in [2.24, 2.45) is 0 Å². The van der Waals surface area contributed by atoms with Gasteiger partial charge in [-0.2, -0.15) is 0 Å². The predicted molar refractivity (Wildman–Crippen MR) is 113 cm³/mol. The van der Waals surface area contributed by atoms with Gasteiger partial charge in [-0.15, -0.1) is 0 Å². The van der Waals surface area contributed by atoms with E-state index in [1.54, 1.807) is 17.0 Å². The maximum absolute atomic E-state index is 12.9. The molecule has 7 heteroatoms.